The van der Waals surface area contributed by atoms with Crippen molar-refractivity contribution >= 4 is 11.9 Å². The molecule has 0 radical (unpaired) electrons. The van der Waals surface area contributed by atoms with Crippen molar-refractivity contribution < 1.29 is 19.1 Å². The number of esters is 2. The molecule has 1 aromatic carbocycles. The third-order valence-corrected chi connectivity index (χ3v) is 7.55. The van der Waals surface area contributed by atoms with Gasteiger partial charge in [-0.2, -0.15) is 0 Å². The molecule has 3 unspecified atom stereocenters. The van der Waals surface area contributed by atoms with E-state index in [4.69, 9.17) is 9.47 Å². The van der Waals surface area contributed by atoms with Gasteiger partial charge in [-0.05, 0) is 67.1 Å². The van der Waals surface area contributed by atoms with E-state index in [-0.39, 0.29) is 41.7 Å². The molecule has 2 rings (SSSR count). The normalized spacial score (nSPS) is 19.6. The highest BCUT2D eigenvalue weighted by atomic mass is 16.5. The maximum absolute atomic E-state index is 12.3. The SMILES string of the molecule is CC1=CCC(/C=C/C(C)C(C)OC(=O)CCC(=O)O/C=C(\C)Cc2ccc(C(C)(C)C)cc2)C1(C)C. The second kappa shape index (κ2) is 12.6. The summed E-state index contributed by atoms with van der Waals surface area (Å²) in [6.07, 6.45) is 9.72. The Hall–Kier alpha value is -2.62. The smallest absolute Gasteiger partial charge is 0.311 e. The zero-order valence-electron chi connectivity index (χ0n) is 23.8. The molecule has 0 bridgehead atoms. The van der Waals surface area contributed by atoms with Crippen molar-refractivity contribution in [1.82, 2.24) is 0 Å². The highest BCUT2D eigenvalue weighted by Gasteiger charge is 2.33. The Morgan fingerprint density at radius 2 is 1.69 bits per heavy atom. The molecule has 0 aliphatic heterocycles. The summed E-state index contributed by atoms with van der Waals surface area (Å²) in [7, 11) is 0. The van der Waals surface area contributed by atoms with Crippen LogP contribution >= 0.6 is 0 Å². The summed E-state index contributed by atoms with van der Waals surface area (Å²) in [5.41, 5.74) is 5.11. The molecule has 36 heavy (non-hydrogen) atoms. The summed E-state index contributed by atoms with van der Waals surface area (Å²) in [6, 6.07) is 8.51. The lowest BCUT2D eigenvalue weighted by Gasteiger charge is -2.28. The van der Waals surface area contributed by atoms with Crippen LogP contribution in [-0.4, -0.2) is 18.0 Å². The first-order chi connectivity index (χ1) is 16.7. The molecule has 4 heteroatoms. The monoisotopic (exact) mass is 494 g/mol. The number of benzene rings is 1. The molecule has 198 valence electrons. The molecule has 0 aromatic heterocycles. The van der Waals surface area contributed by atoms with E-state index in [9.17, 15) is 9.59 Å². The van der Waals surface area contributed by atoms with Crippen LogP contribution in [0.2, 0.25) is 0 Å². The van der Waals surface area contributed by atoms with E-state index in [1.165, 1.54) is 17.4 Å². The highest BCUT2D eigenvalue weighted by molar-refractivity contribution is 5.78. The highest BCUT2D eigenvalue weighted by Crippen LogP contribution is 2.43. The Balaban J connectivity index is 1.73. The maximum atomic E-state index is 12.3. The predicted octanol–water partition coefficient (Wildman–Crippen LogP) is 7.87. The van der Waals surface area contributed by atoms with Crippen LogP contribution in [0.15, 0.2) is 59.9 Å². The molecular weight excluding hydrogens is 448 g/mol. The minimum absolute atomic E-state index is 0.00103. The molecule has 0 saturated carbocycles. The van der Waals surface area contributed by atoms with Gasteiger partial charge in [0, 0.05) is 5.92 Å². The van der Waals surface area contributed by atoms with Gasteiger partial charge in [-0.1, -0.05) is 89.6 Å². The third-order valence-electron chi connectivity index (χ3n) is 7.55. The first kappa shape index (κ1) is 29.6. The molecule has 1 aromatic rings. The molecule has 0 amide bonds. The van der Waals surface area contributed by atoms with Crippen LogP contribution < -0.4 is 0 Å². The van der Waals surface area contributed by atoms with Crippen LogP contribution in [0.1, 0.15) is 92.7 Å². The van der Waals surface area contributed by atoms with Crippen molar-refractivity contribution in [2.45, 2.75) is 99.5 Å². The van der Waals surface area contributed by atoms with Gasteiger partial charge in [0.2, 0.25) is 0 Å². The molecular formula is C32H46O4. The Labute approximate surface area is 218 Å². The largest absolute Gasteiger partial charge is 0.462 e. The molecule has 0 saturated heterocycles. The van der Waals surface area contributed by atoms with E-state index in [2.05, 4.69) is 91.0 Å². The minimum atomic E-state index is -0.429. The van der Waals surface area contributed by atoms with Gasteiger partial charge in [0.15, 0.2) is 0 Å². The second-order valence-electron chi connectivity index (χ2n) is 12.0. The molecule has 0 heterocycles. The van der Waals surface area contributed by atoms with Crippen molar-refractivity contribution in [2.75, 3.05) is 0 Å². The van der Waals surface area contributed by atoms with Crippen molar-refractivity contribution in [1.29, 1.82) is 0 Å². The second-order valence-corrected chi connectivity index (χ2v) is 12.0. The summed E-state index contributed by atoms with van der Waals surface area (Å²) in [4.78, 5) is 24.4. The molecule has 1 aliphatic carbocycles. The van der Waals surface area contributed by atoms with E-state index < -0.39 is 5.97 Å². The average Bonchev–Trinajstić information content (AvgIpc) is 3.05. The van der Waals surface area contributed by atoms with Crippen molar-refractivity contribution in [3.05, 3.63) is 71.0 Å². The van der Waals surface area contributed by atoms with E-state index in [0.717, 1.165) is 17.6 Å². The molecule has 0 fully saturated rings. The number of carbonyl (C=O) groups excluding carboxylic acids is 2. The zero-order valence-corrected chi connectivity index (χ0v) is 23.8. The lowest BCUT2D eigenvalue weighted by Crippen LogP contribution is -2.22. The van der Waals surface area contributed by atoms with E-state index in [1.807, 2.05) is 13.8 Å². The van der Waals surface area contributed by atoms with Gasteiger partial charge in [-0.15, -0.1) is 0 Å². The first-order valence-corrected chi connectivity index (χ1v) is 13.2. The third kappa shape index (κ3) is 8.80. The maximum Gasteiger partial charge on any atom is 0.311 e. The van der Waals surface area contributed by atoms with Gasteiger partial charge in [0.25, 0.3) is 0 Å². The fraction of sp³-hybridized carbons (Fsp3) is 0.562. The number of hydrogen-bond acceptors (Lipinski definition) is 4. The standard InChI is InChI=1S/C32H46O4/c1-22(20-26-12-16-27(17-13-26)31(5,6)7)21-35-29(33)18-19-30(34)36-25(4)23(2)10-14-28-15-11-24(3)32(28,8)9/h10-14,16-17,21,23,25,28H,15,18-20H2,1-9H3/b14-10+,22-21+. The van der Waals surface area contributed by atoms with Gasteiger partial charge >= 0.3 is 11.9 Å². The van der Waals surface area contributed by atoms with Gasteiger partial charge in [-0.3, -0.25) is 9.59 Å². The molecule has 0 spiro atoms. The first-order valence-electron chi connectivity index (χ1n) is 13.2. The Bertz CT molecular complexity index is 986. The van der Waals surface area contributed by atoms with Crippen LogP contribution in [0.4, 0.5) is 0 Å². The summed E-state index contributed by atoms with van der Waals surface area (Å²) < 4.78 is 10.8. The predicted molar refractivity (Wildman–Crippen MR) is 147 cm³/mol. The summed E-state index contributed by atoms with van der Waals surface area (Å²) in [5, 5.41) is 0. The number of hydrogen-bond donors (Lipinski definition) is 0. The minimum Gasteiger partial charge on any atom is -0.462 e. The fourth-order valence-electron chi connectivity index (χ4n) is 4.23. The summed E-state index contributed by atoms with van der Waals surface area (Å²) in [5.74, 6) is -0.239. The molecule has 3 atom stereocenters. The zero-order chi connectivity index (χ0) is 27.1. The van der Waals surface area contributed by atoms with Crippen LogP contribution in [0, 0.1) is 17.3 Å². The van der Waals surface area contributed by atoms with Crippen LogP contribution in [0.25, 0.3) is 0 Å². The Kier molecular flexibility index (Phi) is 10.3. The van der Waals surface area contributed by atoms with Crippen molar-refractivity contribution in [3.63, 3.8) is 0 Å². The van der Waals surface area contributed by atoms with E-state index in [0.29, 0.717) is 12.3 Å². The number of rotatable bonds is 10. The van der Waals surface area contributed by atoms with Crippen LogP contribution in [-0.2, 0) is 30.9 Å². The van der Waals surface area contributed by atoms with Crippen molar-refractivity contribution in [3.8, 4) is 0 Å². The summed E-state index contributed by atoms with van der Waals surface area (Å²) >= 11 is 0. The fourth-order valence-corrected chi connectivity index (χ4v) is 4.23. The topological polar surface area (TPSA) is 52.6 Å². The lowest BCUT2D eigenvalue weighted by molar-refractivity contribution is -0.152. The molecule has 1 aliphatic rings. The number of ether oxygens (including phenoxy) is 2. The lowest BCUT2D eigenvalue weighted by atomic mass is 9.77. The van der Waals surface area contributed by atoms with Crippen molar-refractivity contribution in [2.24, 2.45) is 17.3 Å². The van der Waals surface area contributed by atoms with Gasteiger partial charge in [-0.25, -0.2) is 0 Å². The quantitative estimate of drug-likeness (QED) is 0.189. The van der Waals surface area contributed by atoms with Crippen LogP contribution in [0.5, 0.6) is 0 Å². The van der Waals surface area contributed by atoms with Gasteiger partial charge in [0.05, 0.1) is 19.1 Å². The van der Waals surface area contributed by atoms with Gasteiger partial charge < -0.3 is 9.47 Å². The Morgan fingerprint density at radius 1 is 1.08 bits per heavy atom. The Morgan fingerprint density at radius 3 is 2.25 bits per heavy atom. The molecule has 0 N–H and O–H groups in total. The summed E-state index contributed by atoms with van der Waals surface area (Å²) in [6.45, 7) is 19.2. The number of carbonyl (C=O) groups is 2. The molecule has 4 nitrogen and oxygen atoms in total. The average molecular weight is 495 g/mol. The van der Waals surface area contributed by atoms with Gasteiger partial charge in [0.1, 0.15) is 6.10 Å². The van der Waals surface area contributed by atoms with E-state index in [1.54, 1.807) is 0 Å². The van der Waals surface area contributed by atoms with E-state index >= 15 is 0 Å². The number of allylic oxidation sites excluding steroid dienone is 4. The van der Waals surface area contributed by atoms with Crippen LogP contribution in [0.3, 0.4) is 0 Å².